The van der Waals surface area contributed by atoms with E-state index in [1.807, 2.05) is 0 Å². The Kier molecular flexibility index (Phi) is 5.38. The highest BCUT2D eigenvalue weighted by atomic mass is 16.4. The quantitative estimate of drug-likeness (QED) is 0.695. The van der Waals surface area contributed by atoms with Crippen LogP contribution in [-0.2, 0) is 17.6 Å². The molecule has 0 radical (unpaired) electrons. The van der Waals surface area contributed by atoms with Gasteiger partial charge in [0.1, 0.15) is 11.8 Å². The number of rotatable bonds is 3. The number of nitrogens with two attached hydrogens (primary N) is 1. The van der Waals surface area contributed by atoms with Gasteiger partial charge >= 0.3 is 5.97 Å². The van der Waals surface area contributed by atoms with E-state index < -0.39 is 12.0 Å². The molecule has 2 aromatic rings. The summed E-state index contributed by atoms with van der Waals surface area (Å²) in [5.41, 5.74) is 8.90. The van der Waals surface area contributed by atoms with Crippen LogP contribution in [0.4, 0.5) is 5.69 Å². The van der Waals surface area contributed by atoms with Gasteiger partial charge in [0.25, 0.3) is 0 Å². The highest BCUT2D eigenvalue weighted by molar-refractivity contribution is 5.73. The van der Waals surface area contributed by atoms with E-state index in [9.17, 15) is 4.79 Å². The third-order valence-electron chi connectivity index (χ3n) is 3.44. The molecule has 2 aromatic carbocycles. The van der Waals surface area contributed by atoms with Gasteiger partial charge in [0.2, 0.25) is 0 Å². The molecule has 5 nitrogen and oxygen atoms in total. The molecule has 1 unspecified atom stereocenters. The Morgan fingerprint density at radius 2 is 1.86 bits per heavy atom. The van der Waals surface area contributed by atoms with Gasteiger partial charge in [-0.3, -0.25) is 4.79 Å². The van der Waals surface area contributed by atoms with Crippen LogP contribution in [0.3, 0.4) is 0 Å². The molecule has 0 saturated heterocycles. The maximum absolute atomic E-state index is 10.4. The smallest absolute Gasteiger partial charge is 0.320 e. The Bertz CT molecular complexity index is 603. The number of hydrogen-bond acceptors (Lipinski definition) is 4. The van der Waals surface area contributed by atoms with Gasteiger partial charge in [-0.1, -0.05) is 30.3 Å². The molecule has 0 saturated carbocycles. The van der Waals surface area contributed by atoms with Crippen molar-refractivity contribution >= 4 is 11.7 Å². The maximum Gasteiger partial charge on any atom is 0.320 e. The molecular weight excluding hydrogens is 280 g/mol. The summed E-state index contributed by atoms with van der Waals surface area (Å²) in [4.78, 5) is 10.4. The molecule has 0 bridgehead atoms. The summed E-state index contributed by atoms with van der Waals surface area (Å²) < 4.78 is 0. The zero-order chi connectivity index (χ0) is 15.9. The summed E-state index contributed by atoms with van der Waals surface area (Å²) >= 11 is 0. The molecule has 1 heterocycles. The monoisotopic (exact) mass is 300 g/mol. The standard InChI is InChI=1S/C9H11NO3.C8H9N/c10-8(9(12)13)5-6-1-3-7(11)4-2-6;1-2-4-8-7(3-1)5-6-9-8/h1-4,8,11H,5,10H2,(H,12,13);1-4,9H,5-6H2. The predicted molar refractivity (Wildman–Crippen MR) is 86.1 cm³/mol. The Labute approximate surface area is 129 Å². The number of aromatic hydroxyl groups is 1. The third-order valence-corrected chi connectivity index (χ3v) is 3.44. The van der Waals surface area contributed by atoms with Crippen LogP contribution in [0.2, 0.25) is 0 Å². The average molecular weight is 300 g/mol. The summed E-state index contributed by atoms with van der Waals surface area (Å²) in [6, 6.07) is 13.9. The van der Waals surface area contributed by atoms with Crippen LogP contribution in [0.1, 0.15) is 11.1 Å². The van der Waals surface area contributed by atoms with Gasteiger partial charge < -0.3 is 21.3 Å². The zero-order valence-electron chi connectivity index (χ0n) is 12.2. The van der Waals surface area contributed by atoms with Gasteiger partial charge in [-0.25, -0.2) is 0 Å². The molecule has 0 aromatic heterocycles. The second-order valence-electron chi connectivity index (χ2n) is 5.15. The zero-order valence-corrected chi connectivity index (χ0v) is 12.2. The number of carboxylic acid groups (broad SMARTS) is 1. The lowest BCUT2D eigenvalue weighted by Gasteiger charge is -2.05. The van der Waals surface area contributed by atoms with Crippen molar-refractivity contribution in [2.75, 3.05) is 11.9 Å². The van der Waals surface area contributed by atoms with Crippen LogP contribution < -0.4 is 11.1 Å². The van der Waals surface area contributed by atoms with E-state index >= 15 is 0 Å². The summed E-state index contributed by atoms with van der Waals surface area (Å²) in [5, 5.41) is 20.8. The topological polar surface area (TPSA) is 95.6 Å². The Morgan fingerprint density at radius 3 is 2.50 bits per heavy atom. The first-order valence-corrected chi connectivity index (χ1v) is 7.14. The first-order chi connectivity index (χ1) is 10.6. The number of anilines is 1. The normalized spacial score (nSPS) is 13.3. The Morgan fingerprint density at radius 1 is 1.18 bits per heavy atom. The number of carbonyl (C=O) groups is 1. The number of phenols is 1. The number of hydrogen-bond donors (Lipinski definition) is 4. The van der Waals surface area contributed by atoms with Crippen molar-refractivity contribution in [2.45, 2.75) is 18.9 Å². The predicted octanol–water partition coefficient (Wildman–Crippen LogP) is 2.00. The molecule has 0 fully saturated rings. The first kappa shape index (κ1) is 15.9. The van der Waals surface area contributed by atoms with Gasteiger partial charge in [0, 0.05) is 12.2 Å². The molecule has 0 spiro atoms. The lowest BCUT2D eigenvalue weighted by molar-refractivity contribution is -0.138. The Hall–Kier alpha value is -2.53. The minimum Gasteiger partial charge on any atom is -0.508 e. The number of benzene rings is 2. The van der Waals surface area contributed by atoms with E-state index in [4.69, 9.17) is 15.9 Å². The minimum absolute atomic E-state index is 0.160. The van der Waals surface area contributed by atoms with Crippen molar-refractivity contribution in [3.8, 4) is 5.75 Å². The van der Waals surface area contributed by atoms with E-state index in [1.165, 1.54) is 29.8 Å². The first-order valence-electron chi connectivity index (χ1n) is 7.14. The van der Waals surface area contributed by atoms with E-state index in [1.54, 1.807) is 12.1 Å². The summed E-state index contributed by atoms with van der Waals surface area (Å²) in [5.74, 6) is -0.860. The van der Waals surface area contributed by atoms with Gasteiger partial charge in [0.05, 0.1) is 0 Å². The summed E-state index contributed by atoms with van der Waals surface area (Å²) in [6.45, 7) is 1.11. The molecule has 5 heteroatoms. The highest BCUT2D eigenvalue weighted by Crippen LogP contribution is 2.19. The fourth-order valence-electron chi connectivity index (χ4n) is 2.22. The van der Waals surface area contributed by atoms with Crippen molar-refractivity contribution in [1.82, 2.24) is 0 Å². The molecule has 22 heavy (non-hydrogen) atoms. The van der Waals surface area contributed by atoms with E-state index in [2.05, 4.69) is 29.6 Å². The molecule has 5 N–H and O–H groups in total. The number of para-hydroxylation sites is 1. The van der Waals surface area contributed by atoms with E-state index in [0.29, 0.717) is 0 Å². The van der Waals surface area contributed by atoms with Crippen LogP contribution in [0.5, 0.6) is 5.75 Å². The van der Waals surface area contributed by atoms with Crippen molar-refractivity contribution in [1.29, 1.82) is 0 Å². The molecule has 1 atom stereocenters. The maximum atomic E-state index is 10.4. The van der Waals surface area contributed by atoms with Crippen molar-refractivity contribution in [3.05, 3.63) is 59.7 Å². The number of phenolic OH excluding ortho intramolecular Hbond substituents is 1. The van der Waals surface area contributed by atoms with Crippen LogP contribution in [0, 0.1) is 0 Å². The molecule has 1 aliphatic rings. The fourth-order valence-corrected chi connectivity index (χ4v) is 2.22. The fraction of sp³-hybridized carbons (Fsp3) is 0.235. The lowest BCUT2D eigenvalue weighted by atomic mass is 10.1. The molecule has 1 aliphatic heterocycles. The van der Waals surface area contributed by atoms with Crippen molar-refractivity contribution in [3.63, 3.8) is 0 Å². The van der Waals surface area contributed by atoms with Crippen molar-refractivity contribution in [2.24, 2.45) is 5.73 Å². The summed E-state index contributed by atoms with van der Waals surface area (Å²) in [7, 11) is 0. The number of aliphatic carboxylic acids is 1. The van der Waals surface area contributed by atoms with E-state index in [0.717, 1.165) is 12.1 Å². The Balaban J connectivity index is 0.000000170. The van der Waals surface area contributed by atoms with Crippen LogP contribution >= 0.6 is 0 Å². The molecular formula is C17H20N2O3. The molecule has 116 valence electrons. The minimum atomic E-state index is -1.02. The third kappa shape index (κ3) is 4.49. The molecule has 0 amide bonds. The summed E-state index contributed by atoms with van der Waals surface area (Å²) in [6.07, 6.45) is 1.46. The van der Waals surface area contributed by atoms with Crippen LogP contribution in [0.25, 0.3) is 0 Å². The average Bonchev–Trinajstić information content (AvgIpc) is 2.98. The van der Waals surface area contributed by atoms with Crippen LogP contribution in [0.15, 0.2) is 48.5 Å². The molecule has 0 aliphatic carbocycles. The second-order valence-corrected chi connectivity index (χ2v) is 5.15. The van der Waals surface area contributed by atoms with E-state index in [-0.39, 0.29) is 12.2 Å². The number of nitrogens with one attached hydrogen (secondary N) is 1. The van der Waals surface area contributed by atoms with Gasteiger partial charge in [0.15, 0.2) is 0 Å². The van der Waals surface area contributed by atoms with Gasteiger partial charge in [-0.05, 0) is 42.2 Å². The number of carboxylic acids is 1. The highest BCUT2D eigenvalue weighted by Gasteiger charge is 2.11. The lowest BCUT2D eigenvalue weighted by Crippen LogP contribution is -2.32. The SMILES string of the molecule is NC(Cc1ccc(O)cc1)C(=O)O.c1ccc2c(c1)CCN2. The second kappa shape index (κ2) is 7.47. The van der Waals surface area contributed by atoms with Gasteiger partial charge in [-0.15, -0.1) is 0 Å². The largest absolute Gasteiger partial charge is 0.508 e. The van der Waals surface area contributed by atoms with Crippen molar-refractivity contribution < 1.29 is 15.0 Å². The van der Waals surface area contributed by atoms with Crippen LogP contribution in [-0.4, -0.2) is 28.8 Å². The molecule has 3 rings (SSSR count). The number of fused-ring (bicyclic) bond motifs is 1. The van der Waals surface area contributed by atoms with Gasteiger partial charge in [-0.2, -0.15) is 0 Å².